The number of hydrogen-bond acceptors (Lipinski definition) is 1. The van der Waals surface area contributed by atoms with Gasteiger partial charge in [0, 0.05) is 49.4 Å². The van der Waals surface area contributed by atoms with Crippen molar-refractivity contribution in [2.24, 2.45) is 0 Å². The summed E-state index contributed by atoms with van der Waals surface area (Å²) in [6.07, 6.45) is 0. The first kappa shape index (κ1) is 33.3. The minimum absolute atomic E-state index is 1.09. The van der Waals surface area contributed by atoms with E-state index in [9.17, 15) is 0 Å². The molecule has 12 aromatic rings. The van der Waals surface area contributed by atoms with E-state index in [1.807, 2.05) is 0 Å². The van der Waals surface area contributed by atoms with Gasteiger partial charge >= 0.3 is 0 Å². The van der Waals surface area contributed by atoms with Gasteiger partial charge in [0.1, 0.15) is 0 Å². The molecule has 3 nitrogen and oxygen atoms in total. The van der Waals surface area contributed by atoms with E-state index in [2.05, 4.69) is 238 Å². The summed E-state index contributed by atoms with van der Waals surface area (Å²) in [7, 11) is 0. The number of benzene rings is 10. The predicted molar refractivity (Wildman–Crippen MR) is 250 cm³/mol. The van der Waals surface area contributed by atoms with Crippen LogP contribution >= 0.6 is 0 Å². The van der Waals surface area contributed by atoms with Crippen LogP contribution in [0.2, 0.25) is 0 Å². The maximum atomic E-state index is 2.45. The minimum atomic E-state index is 1.09. The highest BCUT2D eigenvalue weighted by molar-refractivity contribution is 6.13. The third-order valence-corrected chi connectivity index (χ3v) is 12.1. The first-order chi connectivity index (χ1) is 29.3. The lowest BCUT2D eigenvalue weighted by molar-refractivity contribution is 1.17. The first-order valence-corrected chi connectivity index (χ1v) is 20.3. The van der Waals surface area contributed by atoms with Crippen LogP contribution in [-0.2, 0) is 0 Å². The molecule has 0 radical (unpaired) electrons. The number of fused-ring (bicyclic) bond motifs is 8. The van der Waals surface area contributed by atoms with Crippen LogP contribution < -0.4 is 4.90 Å². The van der Waals surface area contributed by atoms with Crippen LogP contribution in [0.15, 0.2) is 224 Å². The number of rotatable bonds is 6. The van der Waals surface area contributed by atoms with Crippen molar-refractivity contribution < 1.29 is 0 Å². The average Bonchev–Trinajstić information content (AvgIpc) is 3.82. The van der Waals surface area contributed by atoms with Gasteiger partial charge in [0.05, 0.1) is 33.4 Å². The van der Waals surface area contributed by atoms with Crippen LogP contribution in [0.4, 0.5) is 17.1 Å². The predicted octanol–water partition coefficient (Wildman–Crippen LogP) is 15.3. The summed E-state index contributed by atoms with van der Waals surface area (Å²) in [5.74, 6) is 0. The molecule has 0 spiro atoms. The van der Waals surface area contributed by atoms with Crippen molar-refractivity contribution in [2.75, 3.05) is 4.90 Å². The Morgan fingerprint density at radius 1 is 0.288 bits per heavy atom. The normalized spacial score (nSPS) is 11.7. The van der Waals surface area contributed by atoms with E-state index >= 15 is 0 Å². The number of aromatic nitrogens is 2. The van der Waals surface area contributed by atoms with Gasteiger partial charge in [-0.3, -0.25) is 0 Å². The van der Waals surface area contributed by atoms with Crippen molar-refractivity contribution in [1.82, 2.24) is 9.13 Å². The lowest BCUT2D eigenvalue weighted by Gasteiger charge is -2.29. The van der Waals surface area contributed by atoms with Crippen molar-refractivity contribution in [3.63, 3.8) is 0 Å². The second kappa shape index (κ2) is 13.4. The average molecular weight is 752 g/mol. The molecule has 10 aromatic carbocycles. The maximum absolute atomic E-state index is 2.45. The van der Waals surface area contributed by atoms with E-state index in [-0.39, 0.29) is 0 Å². The zero-order valence-electron chi connectivity index (χ0n) is 32.2. The Morgan fingerprint density at radius 2 is 0.780 bits per heavy atom. The van der Waals surface area contributed by atoms with E-state index in [0.717, 1.165) is 28.4 Å². The van der Waals surface area contributed by atoms with Gasteiger partial charge < -0.3 is 14.0 Å². The summed E-state index contributed by atoms with van der Waals surface area (Å²) in [5.41, 5.74) is 12.9. The van der Waals surface area contributed by atoms with E-state index in [1.165, 1.54) is 76.3 Å². The fourth-order valence-corrected chi connectivity index (χ4v) is 9.49. The highest BCUT2D eigenvalue weighted by Crippen LogP contribution is 2.45. The molecule has 0 N–H and O–H groups in total. The molecule has 0 aliphatic rings. The molecule has 3 heteroatoms. The third kappa shape index (κ3) is 5.22. The smallest absolute Gasteiger partial charge is 0.0547 e. The Kier molecular flexibility index (Phi) is 7.54. The minimum Gasteiger partial charge on any atom is -0.309 e. The van der Waals surface area contributed by atoms with Gasteiger partial charge in [0.15, 0.2) is 0 Å². The molecule has 2 heterocycles. The fourth-order valence-electron chi connectivity index (χ4n) is 9.49. The SMILES string of the molecule is c1ccc(-n2c3ccccc3c3ccc(-c4ccc(N(c5ccc(-n6c7ccccc7c7ccccc76)cc5)c5cccc6ccccc56)c5ccccc45)cc32)cc1. The van der Waals surface area contributed by atoms with Crippen LogP contribution in [0.1, 0.15) is 0 Å². The molecular weight excluding hydrogens is 715 g/mol. The standard InChI is InChI=1S/C56H37N3/c1-2-17-40(18-3-1)59-54-27-13-10-24-49(54)50-34-29-39(37-56(50)59)43-35-36-55(46-21-7-6-20-45(43)46)57(51-28-14-16-38-15-4-5-19-44(38)51)41-30-32-42(33-31-41)58-52-25-11-8-22-47(52)48-23-9-12-26-53(48)58/h1-37H. The Balaban J connectivity index is 1.05. The molecule has 12 rings (SSSR count). The molecule has 276 valence electrons. The Bertz CT molecular complexity index is 3500. The quantitative estimate of drug-likeness (QED) is 0.165. The summed E-state index contributed by atoms with van der Waals surface area (Å²) in [6, 6.07) is 81.7. The van der Waals surface area contributed by atoms with Gasteiger partial charge in [-0.1, -0.05) is 152 Å². The maximum Gasteiger partial charge on any atom is 0.0547 e. The summed E-state index contributed by atoms with van der Waals surface area (Å²) >= 11 is 0. The topological polar surface area (TPSA) is 13.1 Å². The van der Waals surface area contributed by atoms with Crippen molar-refractivity contribution >= 4 is 82.2 Å². The van der Waals surface area contributed by atoms with Gasteiger partial charge in [-0.15, -0.1) is 0 Å². The fraction of sp³-hybridized carbons (Fsp3) is 0. The molecule has 0 saturated carbocycles. The Morgan fingerprint density at radius 3 is 1.46 bits per heavy atom. The monoisotopic (exact) mass is 751 g/mol. The molecule has 2 aromatic heterocycles. The highest BCUT2D eigenvalue weighted by atomic mass is 15.1. The van der Waals surface area contributed by atoms with E-state index in [1.54, 1.807) is 0 Å². The molecule has 0 aliphatic carbocycles. The van der Waals surface area contributed by atoms with E-state index in [4.69, 9.17) is 0 Å². The summed E-state index contributed by atoms with van der Waals surface area (Å²) < 4.78 is 4.78. The number of anilines is 3. The van der Waals surface area contributed by atoms with Crippen molar-refractivity contribution in [2.45, 2.75) is 0 Å². The second-order valence-electron chi connectivity index (χ2n) is 15.3. The molecule has 0 amide bonds. The molecule has 0 aliphatic heterocycles. The number of nitrogens with zero attached hydrogens (tertiary/aromatic N) is 3. The van der Waals surface area contributed by atoms with Crippen LogP contribution in [0, 0.1) is 0 Å². The van der Waals surface area contributed by atoms with Crippen LogP contribution in [0.3, 0.4) is 0 Å². The largest absolute Gasteiger partial charge is 0.309 e. The third-order valence-electron chi connectivity index (χ3n) is 12.1. The summed E-state index contributed by atoms with van der Waals surface area (Å²) in [6.45, 7) is 0. The second-order valence-corrected chi connectivity index (χ2v) is 15.3. The molecule has 0 atom stereocenters. The molecule has 0 saturated heterocycles. The zero-order valence-corrected chi connectivity index (χ0v) is 32.2. The number of para-hydroxylation sites is 4. The highest BCUT2D eigenvalue weighted by Gasteiger charge is 2.21. The molecular formula is C56H37N3. The van der Waals surface area contributed by atoms with Gasteiger partial charge in [0.2, 0.25) is 0 Å². The van der Waals surface area contributed by atoms with E-state index < -0.39 is 0 Å². The Hall–Kier alpha value is -7.88. The Labute approximate surface area is 341 Å². The van der Waals surface area contributed by atoms with Crippen LogP contribution in [-0.4, -0.2) is 9.13 Å². The summed E-state index contributed by atoms with van der Waals surface area (Å²) in [5, 5.41) is 9.84. The van der Waals surface area contributed by atoms with E-state index in [0.29, 0.717) is 0 Å². The van der Waals surface area contributed by atoms with Crippen molar-refractivity contribution in [1.29, 1.82) is 0 Å². The molecule has 0 bridgehead atoms. The molecule has 0 fully saturated rings. The van der Waals surface area contributed by atoms with Crippen molar-refractivity contribution in [3.8, 4) is 22.5 Å². The van der Waals surface area contributed by atoms with Gasteiger partial charge in [0.25, 0.3) is 0 Å². The van der Waals surface area contributed by atoms with Gasteiger partial charge in [-0.25, -0.2) is 0 Å². The number of hydrogen-bond donors (Lipinski definition) is 0. The zero-order chi connectivity index (χ0) is 38.9. The molecule has 59 heavy (non-hydrogen) atoms. The first-order valence-electron chi connectivity index (χ1n) is 20.3. The summed E-state index contributed by atoms with van der Waals surface area (Å²) in [4.78, 5) is 2.45. The lowest BCUT2D eigenvalue weighted by atomic mass is 9.95. The lowest BCUT2D eigenvalue weighted by Crippen LogP contribution is -2.11. The van der Waals surface area contributed by atoms with Crippen LogP contribution in [0.25, 0.3) is 87.7 Å². The van der Waals surface area contributed by atoms with Gasteiger partial charge in [-0.05, 0) is 94.7 Å². The molecule has 0 unspecified atom stereocenters. The van der Waals surface area contributed by atoms with Crippen molar-refractivity contribution in [3.05, 3.63) is 224 Å². The van der Waals surface area contributed by atoms with Gasteiger partial charge in [-0.2, -0.15) is 0 Å². The van der Waals surface area contributed by atoms with Crippen LogP contribution in [0.5, 0.6) is 0 Å².